The molecule has 1 aromatic carbocycles. The van der Waals surface area contributed by atoms with Crippen molar-refractivity contribution in [1.82, 2.24) is 15.3 Å². The highest BCUT2D eigenvalue weighted by molar-refractivity contribution is 6.31. The third-order valence-electron chi connectivity index (χ3n) is 3.26. The highest BCUT2D eigenvalue weighted by Crippen LogP contribution is 2.24. The Labute approximate surface area is 121 Å². The molecule has 0 saturated carbocycles. The summed E-state index contributed by atoms with van der Waals surface area (Å²) in [7, 11) is 0. The molecule has 0 radical (unpaired) electrons. The number of aromatic nitrogens is 2. The van der Waals surface area contributed by atoms with Crippen LogP contribution in [0.1, 0.15) is 0 Å². The molecule has 0 bridgehead atoms. The van der Waals surface area contributed by atoms with Crippen LogP contribution in [0.3, 0.4) is 0 Å². The topological polar surface area (TPSA) is 41.1 Å². The normalized spacial score (nSPS) is 15.4. The van der Waals surface area contributed by atoms with E-state index in [4.69, 9.17) is 11.6 Å². The van der Waals surface area contributed by atoms with Crippen LogP contribution in [0.2, 0.25) is 5.02 Å². The molecule has 0 atom stereocenters. The molecule has 20 heavy (non-hydrogen) atoms. The number of halogens is 2. The first-order valence-corrected chi connectivity index (χ1v) is 6.86. The summed E-state index contributed by atoms with van der Waals surface area (Å²) in [6.07, 6.45) is 1.72. The maximum Gasteiger partial charge on any atom is 0.225 e. The van der Waals surface area contributed by atoms with Crippen molar-refractivity contribution in [2.75, 3.05) is 31.1 Å². The molecule has 104 valence electrons. The second-order valence-electron chi connectivity index (χ2n) is 4.61. The molecule has 0 amide bonds. The first-order chi connectivity index (χ1) is 9.74. The van der Waals surface area contributed by atoms with Gasteiger partial charge in [-0.15, -0.1) is 0 Å². The van der Waals surface area contributed by atoms with Crippen LogP contribution in [0.5, 0.6) is 0 Å². The number of anilines is 1. The molecule has 1 saturated heterocycles. The number of piperazine rings is 1. The van der Waals surface area contributed by atoms with Gasteiger partial charge in [0.25, 0.3) is 0 Å². The molecule has 0 unspecified atom stereocenters. The van der Waals surface area contributed by atoms with E-state index in [9.17, 15) is 4.39 Å². The Kier molecular flexibility index (Phi) is 3.80. The molecule has 4 nitrogen and oxygen atoms in total. The Balaban J connectivity index is 1.91. The van der Waals surface area contributed by atoms with Crippen LogP contribution >= 0.6 is 11.6 Å². The summed E-state index contributed by atoms with van der Waals surface area (Å²) in [6.45, 7) is 3.62. The van der Waals surface area contributed by atoms with Crippen molar-refractivity contribution in [3.63, 3.8) is 0 Å². The van der Waals surface area contributed by atoms with Crippen molar-refractivity contribution in [1.29, 1.82) is 0 Å². The fourth-order valence-corrected chi connectivity index (χ4v) is 2.36. The van der Waals surface area contributed by atoms with E-state index in [0.717, 1.165) is 37.4 Å². The first-order valence-electron chi connectivity index (χ1n) is 6.48. The Morgan fingerprint density at radius 1 is 1.20 bits per heavy atom. The van der Waals surface area contributed by atoms with Gasteiger partial charge in [0.15, 0.2) is 0 Å². The molecular formula is C14H14ClFN4. The summed E-state index contributed by atoms with van der Waals surface area (Å²) >= 11 is 5.82. The van der Waals surface area contributed by atoms with E-state index in [2.05, 4.69) is 20.2 Å². The number of hydrogen-bond donors (Lipinski definition) is 1. The molecule has 1 N–H and O–H groups in total. The SMILES string of the molecule is Fc1ccc(-c2ccnc(N3CCNCC3)n2)cc1Cl. The lowest BCUT2D eigenvalue weighted by atomic mass is 10.1. The van der Waals surface area contributed by atoms with E-state index >= 15 is 0 Å². The Hall–Kier alpha value is -1.72. The van der Waals surface area contributed by atoms with Gasteiger partial charge in [0.2, 0.25) is 5.95 Å². The van der Waals surface area contributed by atoms with Crippen molar-refractivity contribution in [2.24, 2.45) is 0 Å². The maximum absolute atomic E-state index is 13.2. The number of nitrogens with zero attached hydrogens (tertiary/aromatic N) is 3. The summed E-state index contributed by atoms with van der Waals surface area (Å²) in [5, 5.41) is 3.39. The minimum Gasteiger partial charge on any atom is -0.338 e. The van der Waals surface area contributed by atoms with Crippen molar-refractivity contribution >= 4 is 17.5 Å². The monoisotopic (exact) mass is 292 g/mol. The lowest BCUT2D eigenvalue weighted by Gasteiger charge is -2.27. The number of nitrogens with one attached hydrogen (secondary N) is 1. The van der Waals surface area contributed by atoms with Gasteiger partial charge >= 0.3 is 0 Å². The second kappa shape index (κ2) is 5.73. The lowest BCUT2D eigenvalue weighted by Crippen LogP contribution is -2.44. The number of hydrogen-bond acceptors (Lipinski definition) is 4. The Bertz CT molecular complexity index is 614. The molecule has 0 spiro atoms. The first kappa shape index (κ1) is 13.3. The van der Waals surface area contributed by atoms with E-state index in [0.29, 0.717) is 5.95 Å². The van der Waals surface area contributed by atoms with E-state index in [1.807, 2.05) is 0 Å². The van der Waals surface area contributed by atoms with E-state index < -0.39 is 5.82 Å². The van der Waals surface area contributed by atoms with E-state index in [-0.39, 0.29) is 5.02 Å². The minimum atomic E-state index is -0.424. The fraction of sp³-hybridized carbons (Fsp3) is 0.286. The zero-order valence-corrected chi connectivity index (χ0v) is 11.6. The van der Waals surface area contributed by atoms with Crippen LogP contribution in [-0.2, 0) is 0 Å². The highest BCUT2D eigenvalue weighted by atomic mass is 35.5. The van der Waals surface area contributed by atoms with E-state index in [1.54, 1.807) is 24.4 Å². The van der Waals surface area contributed by atoms with Gasteiger partial charge in [-0.2, -0.15) is 0 Å². The van der Waals surface area contributed by atoms with Crippen molar-refractivity contribution < 1.29 is 4.39 Å². The summed E-state index contributed by atoms with van der Waals surface area (Å²) < 4.78 is 13.2. The average molecular weight is 293 g/mol. The summed E-state index contributed by atoms with van der Waals surface area (Å²) in [5.74, 6) is 0.274. The van der Waals surface area contributed by atoms with Crippen LogP contribution in [0.4, 0.5) is 10.3 Å². The van der Waals surface area contributed by atoms with Crippen LogP contribution in [0.25, 0.3) is 11.3 Å². The molecule has 3 rings (SSSR count). The lowest BCUT2D eigenvalue weighted by molar-refractivity contribution is 0.580. The van der Waals surface area contributed by atoms with Crippen molar-refractivity contribution in [2.45, 2.75) is 0 Å². The summed E-state index contributed by atoms with van der Waals surface area (Å²) in [4.78, 5) is 11.0. The zero-order valence-electron chi connectivity index (χ0n) is 10.8. The predicted octanol–water partition coefficient (Wildman–Crippen LogP) is 2.35. The van der Waals surface area contributed by atoms with Gasteiger partial charge in [-0.25, -0.2) is 14.4 Å². The van der Waals surface area contributed by atoms with Crippen molar-refractivity contribution in [3.05, 3.63) is 41.3 Å². The van der Waals surface area contributed by atoms with Crippen LogP contribution in [-0.4, -0.2) is 36.1 Å². The molecule has 2 aromatic rings. The van der Waals surface area contributed by atoms with Crippen LogP contribution in [0, 0.1) is 5.82 Å². The predicted molar refractivity (Wildman–Crippen MR) is 77.5 cm³/mol. The molecule has 0 aliphatic carbocycles. The number of rotatable bonds is 2. The van der Waals surface area contributed by atoms with Crippen molar-refractivity contribution in [3.8, 4) is 11.3 Å². The molecule has 2 heterocycles. The van der Waals surface area contributed by atoms with Gasteiger partial charge in [0, 0.05) is 37.9 Å². The average Bonchev–Trinajstić information content (AvgIpc) is 2.51. The van der Waals surface area contributed by atoms with Gasteiger partial charge in [-0.1, -0.05) is 11.6 Å². The second-order valence-corrected chi connectivity index (χ2v) is 5.02. The fourth-order valence-electron chi connectivity index (χ4n) is 2.18. The van der Waals surface area contributed by atoms with Gasteiger partial charge in [0.1, 0.15) is 5.82 Å². The van der Waals surface area contributed by atoms with Gasteiger partial charge in [-0.05, 0) is 24.3 Å². The smallest absolute Gasteiger partial charge is 0.225 e. The minimum absolute atomic E-state index is 0.102. The molecule has 1 aliphatic rings. The molecule has 1 fully saturated rings. The summed E-state index contributed by atoms with van der Waals surface area (Å²) in [6, 6.07) is 6.41. The highest BCUT2D eigenvalue weighted by Gasteiger charge is 2.14. The third-order valence-corrected chi connectivity index (χ3v) is 3.55. The zero-order chi connectivity index (χ0) is 13.9. The summed E-state index contributed by atoms with van der Waals surface area (Å²) in [5.41, 5.74) is 1.53. The van der Waals surface area contributed by atoms with E-state index in [1.165, 1.54) is 6.07 Å². The molecule has 1 aromatic heterocycles. The Morgan fingerprint density at radius 2 is 2.00 bits per heavy atom. The molecule has 6 heteroatoms. The standard InChI is InChI=1S/C14H14ClFN4/c15-11-9-10(1-2-12(11)16)13-3-4-18-14(19-13)20-7-5-17-6-8-20/h1-4,9,17H,5-8H2. The largest absolute Gasteiger partial charge is 0.338 e. The molecule has 1 aliphatic heterocycles. The van der Waals surface area contributed by atoms with Gasteiger partial charge in [0.05, 0.1) is 10.7 Å². The molecular weight excluding hydrogens is 279 g/mol. The maximum atomic E-state index is 13.2. The quantitative estimate of drug-likeness (QED) is 0.922. The Morgan fingerprint density at radius 3 is 2.75 bits per heavy atom. The van der Waals surface area contributed by atoms with Crippen LogP contribution < -0.4 is 10.2 Å². The number of benzene rings is 1. The van der Waals surface area contributed by atoms with Gasteiger partial charge in [-0.3, -0.25) is 0 Å². The van der Waals surface area contributed by atoms with Crippen LogP contribution in [0.15, 0.2) is 30.5 Å². The van der Waals surface area contributed by atoms with Gasteiger partial charge < -0.3 is 10.2 Å². The third kappa shape index (κ3) is 2.73.